The van der Waals surface area contributed by atoms with Gasteiger partial charge in [0, 0.05) is 18.9 Å². The Morgan fingerprint density at radius 3 is 2.43 bits per heavy atom. The molecule has 1 aromatic carbocycles. The largest absolute Gasteiger partial charge is 0.497 e. The number of rotatable bonds is 6. The Bertz CT molecular complexity index is 760. The lowest BCUT2D eigenvalue weighted by atomic mass is 9.95. The Morgan fingerprint density at radius 1 is 1.18 bits per heavy atom. The number of nitrogens with zero attached hydrogens (tertiary/aromatic N) is 2. The van der Waals surface area contributed by atoms with Crippen LogP contribution in [0, 0.1) is 0 Å². The van der Waals surface area contributed by atoms with Gasteiger partial charge >= 0.3 is 6.03 Å². The smallest absolute Gasteiger partial charge is 0.318 e. The highest BCUT2D eigenvalue weighted by Crippen LogP contribution is 2.27. The summed E-state index contributed by atoms with van der Waals surface area (Å²) >= 11 is 0. The van der Waals surface area contributed by atoms with Crippen LogP contribution in [0.3, 0.4) is 0 Å². The second-order valence-corrected chi connectivity index (χ2v) is 7.10. The number of methoxy groups -OCH3 is 1. The normalized spacial score (nSPS) is 17.0. The molecule has 1 unspecified atom stereocenters. The second-order valence-electron chi connectivity index (χ2n) is 7.10. The Kier molecular flexibility index (Phi) is 6.52. The zero-order valence-electron chi connectivity index (χ0n) is 16.9. The molecule has 1 saturated heterocycles. The van der Waals surface area contributed by atoms with Crippen LogP contribution >= 0.6 is 0 Å². The van der Waals surface area contributed by atoms with Gasteiger partial charge in [0.2, 0.25) is 0 Å². The Hall–Kier alpha value is -2.60. The summed E-state index contributed by atoms with van der Waals surface area (Å²) in [6, 6.07) is 11.3. The number of urea groups is 1. The number of hydrogen-bond donors (Lipinski definition) is 1. The molecule has 1 aromatic heterocycles. The Morgan fingerprint density at radius 2 is 1.82 bits per heavy atom. The van der Waals surface area contributed by atoms with E-state index in [1.807, 2.05) is 41.3 Å². The van der Waals surface area contributed by atoms with Crippen molar-refractivity contribution in [1.29, 1.82) is 0 Å². The van der Waals surface area contributed by atoms with Crippen LogP contribution in [0.2, 0.25) is 0 Å². The third-order valence-corrected chi connectivity index (χ3v) is 5.58. The van der Waals surface area contributed by atoms with Gasteiger partial charge in [0.15, 0.2) is 0 Å². The van der Waals surface area contributed by atoms with Crippen LogP contribution in [0.25, 0.3) is 0 Å². The van der Waals surface area contributed by atoms with Crippen LogP contribution in [-0.4, -0.2) is 48.3 Å². The molecular formula is C22H29N3O3. The van der Waals surface area contributed by atoms with E-state index >= 15 is 0 Å². The summed E-state index contributed by atoms with van der Waals surface area (Å²) in [6.07, 6.45) is 5.26. The number of ether oxygens (including phenoxy) is 2. The third kappa shape index (κ3) is 4.44. The van der Waals surface area contributed by atoms with Gasteiger partial charge in [0.1, 0.15) is 5.75 Å². The van der Waals surface area contributed by atoms with E-state index in [4.69, 9.17) is 9.47 Å². The van der Waals surface area contributed by atoms with Gasteiger partial charge in [-0.3, -0.25) is 4.98 Å². The highest BCUT2D eigenvalue weighted by Gasteiger charge is 2.36. The van der Waals surface area contributed by atoms with Crippen LogP contribution in [0.4, 0.5) is 4.79 Å². The van der Waals surface area contributed by atoms with E-state index in [2.05, 4.69) is 24.1 Å². The Labute approximate surface area is 166 Å². The maximum absolute atomic E-state index is 13.1. The van der Waals surface area contributed by atoms with Gasteiger partial charge in [0.05, 0.1) is 31.9 Å². The van der Waals surface area contributed by atoms with Crippen LogP contribution in [-0.2, 0) is 4.74 Å². The quantitative estimate of drug-likeness (QED) is 0.825. The number of benzene rings is 1. The van der Waals surface area contributed by atoms with Gasteiger partial charge in [-0.25, -0.2) is 4.79 Å². The zero-order valence-corrected chi connectivity index (χ0v) is 16.9. The van der Waals surface area contributed by atoms with Gasteiger partial charge in [-0.15, -0.1) is 0 Å². The summed E-state index contributed by atoms with van der Waals surface area (Å²) in [6.45, 7) is 6.00. The van der Waals surface area contributed by atoms with E-state index in [9.17, 15) is 4.79 Å². The van der Waals surface area contributed by atoms with Gasteiger partial charge < -0.3 is 19.7 Å². The van der Waals surface area contributed by atoms with Crippen molar-refractivity contribution in [3.63, 3.8) is 0 Å². The first-order valence-corrected chi connectivity index (χ1v) is 9.84. The van der Waals surface area contributed by atoms with Gasteiger partial charge in [0.25, 0.3) is 0 Å². The number of aromatic nitrogens is 1. The minimum Gasteiger partial charge on any atom is -0.497 e. The molecule has 1 aliphatic heterocycles. The topological polar surface area (TPSA) is 63.7 Å². The minimum atomic E-state index is -0.262. The monoisotopic (exact) mass is 383 g/mol. The maximum Gasteiger partial charge on any atom is 0.318 e. The average molecular weight is 383 g/mol. The molecule has 2 aromatic rings. The lowest BCUT2D eigenvalue weighted by Gasteiger charge is -2.42. The number of carbonyl (C=O) groups is 1. The van der Waals surface area contributed by atoms with Crippen molar-refractivity contribution in [1.82, 2.24) is 15.2 Å². The number of hydrogen-bond acceptors (Lipinski definition) is 4. The predicted octanol–water partition coefficient (Wildman–Crippen LogP) is 3.78. The number of pyridine rings is 1. The van der Waals surface area contributed by atoms with Crippen LogP contribution < -0.4 is 10.1 Å². The summed E-state index contributed by atoms with van der Waals surface area (Å²) in [4.78, 5) is 19.1. The zero-order chi connectivity index (χ0) is 20.0. The first-order valence-electron chi connectivity index (χ1n) is 9.84. The molecule has 28 heavy (non-hydrogen) atoms. The fourth-order valence-electron chi connectivity index (χ4n) is 3.62. The lowest BCUT2D eigenvalue weighted by molar-refractivity contribution is -0.101. The van der Waals surface area contributed by atoms with Crippen LogP contribution in [0.15, 0.2) is 48.8 Å². The van der Waals surface area contributed by atoms with Gasteiger partial charge in [-0.2, -0.15) is 0 Å². The summed E-state index contributed by atoms with van der Waals surface area (Å²) in [5.74, 6) is 0.785. The molecule has 1 aliphatic rings. The standard InChI is InChI=1S/C22H29N3O3/c1-4-22(5-2)16-25(14-15-28-22)21(26)24-20(18-10-12-23-13-11-18)17-6-8-19(27-3)9-7-17/h6-13,20H,4-5,14-16H2,1-3H3,(H,24,26). The molecule has 2 amide bonds. The first-order chi connectivity index (χ1) is 13.6. The fraction of sp³-hybridized carbons (Fsp3) is 0.455. The predicted molar refractivity (Wildman–Crippen MR) is 108 cm³/mol. The number of carbonyl (C=O) groups excluding carboxylic acids is 1. The number of morpholine rings is 1. The second kappa shape index (κ2) is 9.06. The molecule has 0 bridgehead atoms. The molecule has 150 valence electrons. The molecule has 2 heterocycles. The highest BCUT2D eigenvalue weighted by atomic mass is 16.5. The van der Waals surface area contributed by atoms with Crippen molar-refractivity contribution in [2.45, 2.75) is 38.3 Å². The molecule has 1 fully saturated rings. The molecular weight excluding hydrogens is 354 g/mol. The van der Waals surface area contributed by atoms with Crippen LogP contribution in [0.1, 0.15) is 43.9 Å². The summed E-state index contributed by atoms with van der Waals surface area (Å²) in [5.41, 5.74) is 1.73. The van der Waals surface area contributed by atoms with E-state index in [0.717, 1.165) is 29.7 Å². The highest BCUT2D eigenvalue weighted by molar-refractivity contribution is 5.75. The van der Waals surface area contributed by atoms with Crippen molar-refractivity contribution in [2.75, 3.05) is 26.8 Å². The van der Waals surface area contributed by atoms with Crippen LogP contribution in [0.5, 0.6) is 5.75 Å². The van der Waals surface area contributed by atoms with E-state index in [1.165, 1.54) is 0 Å². The maximum atomic E-state index is 13.1. The molecule has 1 N–H and O–H groups in total. The fourth-order valence-corrected chi connectivity index (χ4v) is 3.62. The van der Waals surface area contributed by atoms with E-state index in [-0.39, 0.29) is 17.7 Å². The summed E-state index contributed by atoms with van der Waals surface area (Å²) in [5, 5.41) is 3.21. The molecule has 0 spiro atoms. The Balaban J connectivity index is 1.82. The molecule has 0 radical (unpaired) electrons. The number of amides is 2. The molecule has 6 nitrogen and oxygen atoms in total. The molecule has 0 aliphatic carbocycles. The average Bonchev–Trinajstić information content (AvgIpc) is 2.78. The van der Waals surface area contributed by atoms with Crippen molar-refractivity contribution < 1.29 is 14.3 Å². The van der Waals surface area contributed by atoms with E-state index in [1.54, 1.807) is 19.5 Å². The molecule has 1 atom stereocenters. The van der Waals surface area contributed by atoms with E-state index in [0.29, 0.717) is 19.7 Å². The van der Waals surface area contributed by atoms with Crippen molar-refractivity contribution in [2.24, 2.45) is 0 Å². The van der Waals surface area contributed by atoms with E-state index < -0.39 is 0 Å². The van der Waals surface area contributed by atoms with Crippen molar-refractivity contribution in [3.05, 3.63) is 59.9 Å². The lowest BCUT2D eigenvalue weighted by Crippen LogP contribution is -2.55. The van der Waals surface area contributed by atoms with Crippen molar-refractivity contribution >= 4 is 6.03 Å². The van der Waals surface area contributed by atoms with Gasteiger partial charge in [-0.1, -0.05) is 26.0 Å². The molecule has 3 rings (SSSR count). The molecule has 0 saturated carbocycles. The van der Waals surface area contributed by atoms with Crippen molar-refractivity contribution in [3.8, 4) is 5.75 Å². The summed E-state index contributed by atoms with van der Waals surface area (Å²) in [7, 11) is 1.64. The minimum absolute atomic E-state index is 0.0767. The summed E-state index contributed by atoms with van der Waals surface area (Å²) < 4.78 is 11.3. The van der Waals surface area contributed by atoms with Gasteiger partial charge in [-0.05, 0) is 48.2 Å². The molecule has 6 heteroatoms. The number of nitrogens with one attached hydrogen (secondary N) is 1. The third-order valence-electron chi connectivity index (χ3n) is 5.58. The SMILES string of the molecule is CCC1(CC)CN(C(=O)NC(c2ccncc2)c2ccc(OC)cc2)CCO1. The first kappa shape index (κ1) is 20.1.